The first kappa shape index (κ1) is 9.16. The van der Waals surface area contributed by atoms with Gasteiger partial charge in [-0.15, -0.1) is 11.3 Å². The van der Waals surface area contributed by atoms with E-state index in [0.29, 0.717) is 13.1 Å². The Balaban J connectivity index is 1.87. The first-order valence-corrected chi connectivity index (χ1v) is 5.53. The van der Waals surface area contributed by atoms with Crippen LogP contribution >= 0.6 is 11.3 Å². The molecule has 0 spiro atoms. The molecule has 1 aromatic heterocycles. The normalized spacial score (nSPS) is 18.9. The predicted molar refractivity (Wildman–Crippen MR) is 53.9 cm³/mol. The van der Waals surface area contributed by atoms with Crippen LogP contribution in [-0.4, -0.2) is 24.2 Å². The molecule has 0 aliphatic carbocycles. The van der Waals surface area contributed by atoms with Crippen LogP contribution in [0.4, 0.5) is 4.39 Å². The summed E-state index contributed by atoms with van der Waals surface area (Å²) < 4.78 is 12.5. The number of hydrogen-bond donors (Lipinski definition) is 0. The lowest BCUT2D eigenvalue weighted by molar-refractivity contribution is 0.0600. The molecule has 2 heterocycles. The summed E-state index contributed by atoms with van der Waals surface area (Å²) >= 11 is 1.85. The molecule has 0 radical (unpaired) electrons. The summed E-state index contributed by atoms with van der Waals surface area (Å²) in [6, 6.07) is 4.34. The summed E-state index contributed by atoms with van der Waals surface area (Å²) in [4.78, 5) is 4.94. The molecule has 2 rings (SSSR count). The fourth-order valence-electron chi connectivity index (χ4n) is 1.55. The minimum absolute atomic E-state index is 0.578. The molecule has 0 unspecified atom stereocenters. The van der Waals surface area contributed by atoms with Crippen LogP contribution in [-0.2, 0) is 13.0 Å². The molecule has 1 fully saturated rings. The van der Waals surface area contributed by atoms with Gasteiger partial charge in [-0.05, 0) is 18.6 Å². The third-order valence-electron chi connectivity index (χ3n) is 2.36. The second-order valence-corrected chi connectivity index (χ2v) is 4.77. The number of alkyl halides is 1. The van der Waals surface area contributed by atoms with Crippen LogP contribution in [0.25, 0.3) is 0 Å². The minimum atomic E-state index is -0.578. The first-order valence-electron chi connectivity index (χ1n) is 4.72. The maximum atomic E-state index is 12.5. The largest absolute Gasteiger partial charge is 0.292 e. The Morgan fingerprint density at radius 2 is 2.15 bits per heavy atom. The predicted octanol–water partition coefficient (Wildman–Crippen LogP) is 2.46. The van der Waals surface area contributed by atoms with Crippen molar-refractivity contribution >= 4 is 11.3 Å². The van der Waals surface area contributed by atoms with Crippen molar-refractivity contribution in [3.8, 4) is 0 Å². The van der Waals surface area contributed by atoms with E-state index in [4.69, 9.17) is 0 Å². The van der Waals surface area contributed by atoms with Gasteiger partial charge in [0.05, 0.1) is 0 Å². The Hall–Kier alpha value is -0.410. The summed E-state index contributed by atoms with van der Waals surface area (Å²) in [6.45, 7) is 4.35. The molecule has 1 aromatic rings. The highest BCUT2D eigenvalue weighted by Crippen LogP contribution is 2.21. The van der Waals surface area contributed by atoms with E-state index in [2.05, 4.69) is 24.0 Å². The zero-order valence-electron chi connectivity index (χ0n) is 7.79. The number of nitrogens with zero attached hydrogens (tertiary/aromatic N) is 1. The molecule has 0 amide bonds. The maximum absolute atomic E-state index is 12.5. The molecule has 1 aliphatic heterocycles. The molecule has 1 saturated heterocycles. The van der Waals surface area contributed by atoms with Crippen LogP contribution in [0, 0.1) is 0 Å². The summed E-state index contributed by atoms with van der Waals surface area (Å²) in [5.41, 5.74) is 0. The van der Waals surface area contributed by atoms with Gasteiger partial charge in [-0.2, -0.15) is 0 Å². The average Bonchev–Trinajstić information content (AvgIpc) is 2.50. The van der Waals surface area contributed by atoms with E-state index < -0.39 is 6.17 Å². The van der Waals surface area contributed by atoms with Gasteiger partial charge in [0.1, 0.15) is 6.17 Å². The SMILES string of the molecule is CCc1ccc(CN2CC(F)C2)s1. The number of aryl methyl sites for hydroxylation is 1. The van der Waals surface area contributed by atoms with Crippen LogP contribution in [0.2, 0.25) is 0 Å². The third-order valence-corrected chi connectivity index (χ3v) is 3.57. The second-order valence-electron chi connectivity index (χ2n) is 3.51. The van der Waals surface area contributed by atoms with Crippen molar-refractivity contribution in [2.45, 2.75) is 26.1 Å². The molecule has 1 nitrogen and oxygen atoms in total. The van der Waals surface area contributed by atoms with Crippen LogP contribution < -0.4 is 0 Å². The third kappa shape index (κ3) is 2.09. The first-order chi connectivity index (χ1) is 6.28. The zero-order valence-corrected chi connectivity index (χ0v) is 8.61. The zero-order chi connectivity index (χ0) is 9.26. The van der Waals surface area contributed by atoms with Crippen molar-refractivity contribution in [2.24, 2.45) is 0 Å². The molecule has 0 bridgehead atoms. The summed E-state index contributed by atoms with van der Waals surface area (Å²) in [5.74, 6) is 0. The van der Waals surface area contributed by atoms with Crippen molar-refractivity contribution in [3.63, 3.8) is 0 Å². The summed E-state index contributed by atoms with van der Waals surface area (Å²) in [6.07, 6.45) is 0.529. The van der Waals surface area contributed by atoms with Gasteiger partial charge in [0.25, 0.3) is 0 Å². The molecular formula is C10H14FNS. The van der Waals surface area contributed by atoms with Crippen LogP contribution in [0.3, 0.4) is 0 Å². The van der Waals surface area contributed by atoms with Gasteiger partial charge in [-0.25, -0.2) is 4.39 Å². The van der Waals surface area contributed by atoms with E-state index in [1.807, 2.05) is 11.3 Å². The summed E-state index contributed by atoms with van der Waals surface area (Å²) in [7, 11) is 0. The van der Waals surface area contributed by atoms with Gasteiger partial charge in [-0.3, -0.25) is 4.90 Å². The van der Waals surface area contributed by atoms with Crippen molar-refractivity contribution in [3.05, 3.63) is 21.9 Å². The average molecular weight is 199 g/mol. The Kier molecular flexibility index (Phi) is 2.65. The van der Waals surface area contributed by atoms with Crippen LogP contribution in [0.15, 0.2) is 12.1 Å². The van der Waals surface area contributed by atoms with Crippen LogP contribution in [0.5, 0.6) is 0 Å². The van der Waals surface area contributed by atoms with Crippen LogP contribution in [0.1, 0.15) is 16.7 Å². The monoisotopic (exact) mass is 199 g/mol. The lowest BCUT2D eigenvalue weighted by Gasteiger charge is -2.33. The van der Waals surface area contributed by atoms with E-state index in [1.54, 1.807) is 0 Å². The van der Waals surface area contributed by atoms with E-state index in [0.717, 1.165) is 13.0 Å². The van der Waals surface area contributed by atoms with Gasteiger partial charge < -0.3 is 0 Å². The molecular weight excluding hydrogens is 185 g/mol. The number of halogens is 1. The van der Waals surface area contributed by atoms with Gasteiger partial charge in [0.2, 0.25) is 0 Å². The maximum Gasteiger partial charge on any atom is 0.125 e. The molecule has 0 N–H and O–H groups in total. The Morgan fingerprint density at radius 3 is 2.69 bits per heavy atom. The molecule has 0 saturated carbocycles. The highest BCUT2D eigenvalue weighted by molar-refractivity contribution is 7.11. The minimum Gasteiger partial charge on any atom is -0.292 e. The van der Waals surface area contributed by atoms with Gasteiger partial charge >= 0.3 is 0 Å². The van der Waals surface area contributed by atoms with E-state index in [1.165, 1.54) is 9.75 Å². The standard InChI is InChI=1S/C10H14FNS/c1-2-9-3-4-10(13-9)7-12-5-8(11)6-12/h3-4,8H,2,5-7H2,1H3. The Labute approximate surface area is 82.2 Å². The van der Waals surface area contributed by atoms with E-state index in [-0.39, 0.29) is 0 Å². The Bertz CT molecular complexity index is 278. The van der Waals surface area contributed by atoms with Crippen molar-refractivity contribution in [2.75, 3.05) is 13.1 Å². The highest BCUT2D eigenvalue weighted by Gasteiger charge is 2.25. The quantitative estimate of drug-likeness (QED) is 0.723. The summed E-state index contributed by atoms with van der Waals surface area (Å²) in [5, 5.41) is 0. The number of rotatable bonds is 3. The van der Waals surface area contributed by atoms with Crippen molar-refractivity contribution < 1.29 is 4.39 Å². The molecule has 0 aromatic carbocycles. The van der Waals surface area contributed by atoms with Gasteiger partial charge in [-0.1, -0.05) is 6.92 Å². The molecule has 72 valence electrons. The molecule has 0 atom stereocenters. The van der Waals surface area contributed by atoms with Crippen molar-refractivity contribution in [1.82, 2.24) is 4.90 Å². The fourth-order valence-corrected chi connectivity index (χ4v) is 2.55. The van der Waals surface area contributed by atoms with Gasteiger partial charge in [0.15, 0.2) is 0 Å². The lowest BCUT2D eigenvalue weighted by atomic mass is 10.2. The second kappa shape index (κ2) is 3.76. The highest BCUT2D eigenvalue weighted by atomic mass is 32.1. The molecule has 1 aliphatic rings. The molecule has 3 heteroatoms. The Morgan fingerprint density at radius 1 is 1.46 bits per heavy atom. The number of likely N-dealkylation sites (tertiary alicyclic amines) is 1. The van der Waals surface area contributed by atoms with Crippen molar-refractivity contribution in [1.29, 1.82) is 0 Å². The van der Waals surface area contributed by atoms with Gasteiger partial charge in [0, 0.05) is 29.4 Å². The fraction of sp³-hybridized carbons (Fsp3) is 0.600. The van der Waals surface area contributed by atoms with E-state index >= 15 is 0 Å². The lowest BCUT2D eigenvalue weighted by Crippen LogP contribution is -2.47. The van der Waals surface area contributed by atoms with E-state index in [9.17, 15) is 4.39 Å². The molecule has 13 heavy (non-hydrogen) atoms. The number of hydrogen-bond acceptors (Lipinski definition) is 2. The topological polar surface area (TPSA) is 3.24 Å². The number of thiophene rings is 1. The smallest absolute Gasteiger partial charge is 0.125 e.